The Morgan fingerprint density at radius 2 is 1.97 bits per heavy atom. The summed E-state index contributed by atoms with van der Waals surface area (Å²) in [4.78, 5) is 28.2. The molecule has 0 spiro atoms. The van der Waals surface area contributed by atoms with Crippen molar-refractivity contribution in [3.05, 3.63) is 83.8 Å². The molecule has 35 heavy (non-hydrogen) atoms. The molecular weight excluding hydrogens is 450 g/mol. The van der Waals surface area contributed by atoms with Crippen molar-refractivity contribution in [2.45, 2.75) is 12.5 Å². The average Bonchev–Trinajstić information content (AvgIpc) is 3.42. The first kappa shape index (κ1) is 24.1. The number of amides is 1. The number of benzene rings is 2. The minimum atomic E-state index is -0.796. The van der Waals surface area contributed by atoms with E-state index in [0.717, 1.165) is 0 Å². The summed E-state index contributed by atoms with van der Waals surface area (Å²) < 4.78 is 21.8. The number of nitrogens with zero attached hydrogens (tertiary/aromatic N) is 1. The number of para-hydroxylation sites is 1. The van der Waals surface area contributed by atoms with Crippen LogP contribution in [0, 0.1) is 0 Å². The van der Waals surface area contributed by atoms with Crippen LogP contribution < -0.4 is 9.47 Å². The summed E-state index contributed by atoms with van der Waals surface area (Å²) in [5.74, 6) is -0.662. The van der Waals surface area contributed by atoms with Gasteiger partial charge >= 0.3 is 0 Å². The number of ether oxygens (including phenoxy) is 3. The van der Waals surface area contributed by atoms with Crippen molar-refractivity contribution >= 4 is 22.7 Å². The SMILES string of the molecule is C=CCOc1ccc(C2C(C(=O)c3cc4cccc(OC)c4o3)=C(O)C(=O)N2CCCOC)cc1. The second kappa shape index (κ2) is 10.5. The number of fused-ring (bicyclic) bond motifs is 1. The van der Waals surface area contributed by atoms with Gasteiger partial charge in [-0.05, 0) is 36.2 Å². The van der Waals surface area contributed by atoms with E-state index in [1.165, 1.54) is 12.0 Å². The molecule has 0 radical (unpaired) electrons. The highest BCUT2D eigenvalue weighted by molar-refractivity contribution is 6.16. The van der Waals surface area contributed by atoms with E-state index in [1.54, 1.807) is 61.7 Å². The Labute approximate surface area is 203 Å². The molecule has 8 nitrogen and oxygen atoms in total. The molecule has 4 rings (SSSR count). The fourth-order valence-corrected chi connectivity index (χ4v) is 4.19. The lowest BCUT2D eigenvalue weighted by atomic mass is 9.95. The van der Waals surface area contributed by atoms with Crippen molar-refractivity contribution in [1.29, 1.82) is 0 Å². The third-order valence-electron chi connectivity index (χ3n) is 5.81. The van der Waals surface area contributed by atoms with Crippen LogP contribution >= 0.6 is 0 Å². The van der Waals surface area contributed by atoms with E-state index < -0.39 is 23.5 Å². The molecule has 0 bridgehead atoms. The number of hydrogen-bond acceptors (Lipinski definition) is 7. The molecule has 1 aliphatic heterocycles. The molecule has 0 aliphatic carbocycles. The van der Waals surface area contributed by atoms with Crippen molar-refractivity contribution in [2.75, 3.05) is 34.0 Å². The van der Waals surface area contributed by atoms with Crippen LogP contribution in [-0.4, -0.2) is 55.7 Å². The fraction of sp³-hybridized carbons (Fsp3) is 0.259. The van der Waals surface area contributed by atoms with Gasteiger partial charge in [0, 0.05) is 25.6 Å². The number of aliphatic hydroxyl groups is 1. The minimum absolute atomic E-state index is 0.00790. The molecule has 8 heteroatoms. The van der Waals surface area contributed by atoms with Gasteiger partial charge in [-0.1, -0.05) is 36.9 Å². The lowest BCUT2D eigenvalue weighted by Crippen LogP contribution is -2.32. The number of carbonyl (C=O) groups excluding carboxylic acids is 2. The first-order valence-electron chi connectivity index (χ1n) is 11.2. The Hall–Kier alpha value is -4.04. The van der Waals surface area contributed by atoms with Crippen LogP contribution in [-0.2, 0) is 9.53 Å². The zero-order valence-electron chi connectivity index (χ0n) is 19.7. The molecule has 1 N–H and O–H groups in total. The van der Waals surface area contributed by atoms with Crippen LogP contribution in [0.15, 0.2) is 76.9 Å². The van der Waals surface area contributed by atoms with Crippen molar-refractivity contribution in [3.8, 4) is 11.5 Å². The summed E-state index contributed by atoms with van der Waals surface area (Å²) in [7, 11) is 3.09. The molecule has 182 valence electrons. The van der Waals surface area contributed by atoms with Gasteiger partial charge in [0.2, 0.25) is 5.78 Å². The summed E-state index contributed by atoms with van der Waals surface area (Å²) in [5, 5.41) is 11.5. The van der Waals surface area contributed by atoms with Crippen molar-refractivity contribution in [1.82, 2.24) is 4.90 Å². The Balaban J connectivity index is 1.74. The van der Waals surface area contributed by atoms with Gasteiger partial charge < -0.3 is 28.6 Å². The summed E-state index contributed by atoms with van der Waals surface area (Å²) >= 11 is 0. The molecule has 1 unspecified atom stereocenters. The van der Waals surface area contributed by atoms with Gasteiger partial charge in [-0.2, -0.15) is 0 Å². The Bertz CT molecular complexity index is 1270. The van der Waals surface area contributed by atoms with Crippen molar-refractivity contribution in [2.24, 2.45) is 0 Å². The number of carbonyl (C=O) groups is 2. The second-order valence-electron chi connectivity index (χ2n) is 8.00. The Kier molecular flexibility index (Phi) is 7.22. The number of Topliss-reactive ketones (excluding diaryl/α,β-unsaturated/α-hetero) is 1. The first-order chi connectivity index (χ1) is 17.0. The summed E-state index contributed by atoms with van der Waals surface area (Å²) in [6, 6.07) is 13.1. The number of hydrogen-bond donors (Lipinski definition) is 1. The van der Waals surface area contributed by atoms with Gasteiger partial charge in [-0.3, -0.25) is 9.59 Å². The standard InChI is InChI=1S/C27H27NO7/c1-4-14-34-19-11-9-17(10-12-19)23-22(25(30)27(31)28(23)13-6-15-32-2)24(29)21-16-18-7-5-8-20(33-3)26(18)35-21/h4-5,7-12,16,23,30H,1,6,13-15H2,2-3H3. The summed E-state index contributed by atoms with van der Waals surface area (Å²) in [5.41, 5.74) is 1.04. The van der Waals surface area contributed by atoms with E-state index in [9.17, 15) is 14.7 Å². The van der Waals surface area contributed by atoms with E-state index in [-0.39, 0.29) is 11.3 Å². The summed E-state index contributed by atoms with van der Waals surface area (Å²) in [6.07, 6.45) is 2.18. The van der Waals surface area contributed by atoms with Crippen LogP contribution in [0.1, 0.15) is 28.6 Å². The van der Waals surface area contributed by atoms with Crippen molar-refractivity contribution in [3.63, 3.8) is 0 Å². The summed E-state index contributed by atoms with van der Waals surface area (Å²) in [6.45, 7) is 4.71. The predicted octanol–water partition coefficient (Wildman–Crippen LogP) is 4.62. The first-order valence-corrected chi connectivity index (χ1v) is 11.2. The molecule has 1 amide bonds. The van der Waals surface area contributed by atoms with Gasteiger partial charge in [-0.25, -0.2) is 0 Å². The number of ketones is 1. The van der Waals surface area contributed by atoms with Gasteiger partial charge in [0.25, 0.3) is 5.91 Å². The fourth-order valence-electron chi connectivity index (χ4n) is 4.19. The molecule has 3 aromatic rings. The lowest BCUT2D eigenvalue weighted by molar-refractivity contribution is -0.129. The van der Waals surface area contributed by atoms with Gasteiger partial charge in [-0.15, -0.1) is 0 Å². The van der Waals surface area contributed by atoms with Crippen LogP contribution in [0.4, 0.5) is 0 Å². The normalized spacial score (nSPS) is 15.7. The van der Waals surface area contributed by atoms with Gasteiger partial charge in [0.15, 0.2) is 22.9 Å². The molecule has 1 aliphatic rings. The monoisotopic (exact) mass is 477 g/mol. The lowest BCUT2D eigenvalue weighted by Gasteiger charge is -2.26. The smallest absolute Gasteiger partial charge is 0.290 e. The molecule has 2 heterocycles. The van der Waals surface area contributed by atoms with Gasteiger partial charge in [0.05, 0.1) is 18.7 Å². The van der Waals surface area contributed by atoms with Crippen LogP contribution in [0.25, 0.3) is 11.0 Å². The highest BCUT2D eigenvalue weighted by atomic mass is 16.5. The van der Waals surface area contributed by atoms with E-state index in [1.807, 2.05) is 0 Å². The number of rotatable bonds is 11. The quantitative estimate of drug-likeness (QED) is 0.244. The molecular formula is C27H27NO7. The molecule has 0 fully saturated rings. The number of furan rings is 1. The number of aliphatic hydroxyl groups excluding tert-OH is 1. The van der Waals surface area contributed by atoms with E-state index in [4.69, 9.17) is 18.6 Å². The highest BCUT2D eigenvalue weighted by Crippen LogP contribution is 2.40. The second-order valence-corrected chi connectivity index (χ2v) is 8.00. The zero-order valence-corrected chi connectivity index (χ0v) is 19.7. The Morgan fingerprint density at radius 1 is 1.20 bits per heavy atom. The van der Waals surface area contributed by atoms with Gasteiger partial charge in [0.1, 0.15) is 12.4 Å². The van der Waals surface area contributed by atoms with E-state index >= 15 is 0 Å². The molecule has 2 aromatic carbocycles. The highest BCUT2D eigenvalue weighted by Gasteiger charge is 2.44. The van der Waals surface area contributed by atoms with Crippen LogP contribution in [0.5, 0.6) is 11.5 Å². The maximum Gasteiger partial charge on any atom is 0.290 e. The van der Waals surface area contributed by atoms with E-state index in [0.29, 0.717) is 54.2 Å². The average molecular weight is 478 g/mol. The number of methoxy groups -OCH3 is 2. The minimum Gasteiger partial charge on any atom is -0.503 e. The molecule has 0 saturated heterocycles. The molecule has 1 aromatic heterocycles. The van der Waals surface area contributed by atoms with Crippen molar-refractivity contribution < 1.29 is 33.3 Å². The maximum absolute atomic E-state index is 13.6. The zero-order chi connectivity index (χ0) is 24.9. The molecule has 1 atom stereocenters. The molecule has 0 saturated carbocycles. The van der Waals surface area contributed by atoms with Crippen LogP contribution in [0.3, 0.4) is 0 Å². The topological polar surface area (TPSA) is 98.4 Å². The van der Waals surface area contributed by atoms with E-state index in [2.05, 4.69) is 6.58 Å². The Morgan fingerprint density at radius 3 is 2.66 bits per heavy atom. The maximum atomic E-state index is 13.6. The van der Waals surface area contributed by atoms with Crippen LogP contribution in [0.2, 0.25) is 0 Å². The third kappa shape index (κ3) is 4.65. The third-order valence-corrected chi connectivity index (χ3v) is 5.81. The predicted molar refractivity (Wildman–Crippen MR) is 130 cm³/mol. The largest absolute Gasteiger partial charge is 0.503 e.